The molecule has 0 aromatic rings. The number of carboxylic acid groups (broad SMARTS) is 1. The van der Waals surface area contributed by atoms with E-state index in [1.54, 1.807) is 0 Å². The Morgan fingerprint density at radius 3 is 1.07 bits per heavy atom. The number of carbonyl (C=O) groups is 1. The molecule has 0 fully saturated rings. The zero-order valence-corrected chi connectivity index (χ0v) is 20.4. The van der Waals surface area contributed by atoms with Crippen molar-refractivity contribution in [1.29, 1.82) is 0 Å². The van der Waals surface area contributed by atoms with Crippen LogP contribution in [0.15, 0.2) is 0 Å². The van der Waals surface area contributed by atoms with Crippen LogP contribution in [0.1, 0.15) is 6.42 Å². The molecular formula is C17H13F21O4S. The maximum atomic E-state index is 14.4. The van der Waals surface area contributed by atoms with Crippen molar-refractivity contribution in [3.63, 3.8) is 0 Å². The second-order valence-electron chi connectivity index (χ2n) is 8.24. The van der Waals surface area contributed by atoms with Crippen LogP contribution >= 0.6 is 11.8 Å². The Balaban J connectivity index is 7.08. The summed E-state index contributed by atoms with van der Waals surface area (Å²) in [5, 5.41) is 23.5. The Morgan fingerprint density at radius 2 is 0.814 bits per heavy atom. The van der Waals surface area contributed by atoms with Gasteiger partial charge in [0.25, 0.3) is 0 Å². The molecule has 0 amide bonds. The van der Waals surface area contributed by atoms with Gasteiger partial charge >= 0.3 is 65.4 Å². The lowest BCUT2D eigenvalue weighted by atomic mass is 9.83. The first-order valence-electron chi connectivity index (χ1n) is 10.1. The van der Waals surface area contributed by atoms with Gasteiger partial charge in [-0.3, -0.25) is 4.79 Å². The van der Waals surface area contributed by atoms with Crippen LogP contribution < -0.4 is 0 Å². The van der Waals surface area contributed by atoms with Gasteiger partial charge in [0.05, 0.1) is 25.6 Å². The van der Waals surface area contributed by atoms with E-state index in [0.29, 0.717) is 0 Å². The third kappa shape index (κ3) is 5.98. The molecule has 26 heteroatoms. The number of hydrogen-bond acceptors (Lipinski definition) is 4. The average molecular weight is 712 g/mol. The second-order valence-corrected chi connectivity index (χ2v) is 9.59. The molecule has 0 spiro atoms. The number of aliphatic carboxylic acids is 1. The zero-order chi connectivity index (χ0) is 35.3. The van der Waals surface area contributed by atoms with Gasteiger partial charge in [0.1, 0.15) is 0 Å². The highest BCUT2D eigenvalue weighted by Gasteiger charge is 2.98. The van der Waals surface area contributed by atoms with Crippen molar-refractivity contribution in [2.45, 2.75) is 71.1 Å². The van der Waals surface area contributed by atoms with Crippen LogP contribution in [0.3, 0.4) is 0 Å². The third-order valence-electron chi connectivity index (χ3n) is 5.47. The summed E-state index contributed by atoms with van der Waals surface area (Å²) in [5.74, 6) is -85.5. The van der Waals surface area contributed by atoms with Crippen molar-refractivity contribution in [3.8, 4) is 0 Å². The first-order chi connectivity index (χ1) is 18.6. The van der Waals surface area contributed by atoms with Gasteiger partial charge in [0.15, 0.2) is 0 Å². The predicted molar refractivity (Wildman–Crippen MR) is 96.7 cm³/mol. The lowest BCUT2D eigenvalue weighted by molar-refractivity contribution is -0.475. The summed E-state index contributed by atoms with van der Waals surface area (Å²) in [7, 11) is 0. The lowest BCUT2D eigenvalue weighted by Gasteiger charge is -2.45. The van der Waals surface area contributed by atoms with E-state index in [2.05, 4.69) is 0 Å². The van der Waals surface area contributed by atoms with E-state index >= 15 is 0 Å². The monoisotopic (exact) mass is 712 g/mol. The summed E-state index contributed by atoms with van der Waals surface area (Å²) in [6.07, 6.45) is -9.17. The number of halogens is 21. The quantitative estimate of drug-likeness (QED) is 0.161. The first-order valence-corrected chi connectivity index (χ1v) is 11.1. The van der Waals surface area contributed by atoms with Crippen LogP contribution in [0.2, 0.25) is 0 Å². The van der Waals surface area contributed by atoms with Gasteiger partial charge in [-0.05, 0) is 0 Å². The molecule has 43 heavy (non-hydrogen) atoms. The van der Waals surface area contributed by atoms with Crippen LogP contribution in [0.4, 0.5) is 92.2 Å². The molecule has 0 aromatic heterocycles. The van der Waals surface area contributed by atoms with E-state index in [1.165, 1.54) is 0 Å². The summed E-state index contributed by atoms with van der Waals surface area (Å²) in [6, 6.07) is 0. The second kappa shape index (κ2) is 11.9. The van der Waals surface area contributed by atoms with Gasteiger partial charge in [0, 0.05) is 11.0 Å². The van der Waals surface area contributed by atoms with E-state index in [1.807, 2.05) is 0 Å². The highest BCUT2D eigenvalue weighted by atomic mass is 32.2. The van der Waals surface area contributed by atoms with Gasteiger partial charge < -0.3 is 15.3 Å². The van der Waals surface area contributed by atoms with Crippen molar-refractivity contribution in [3.05, 3.63) is 0 Å². The predicted octanol–water partition coefficient (Wildman–Crippen LogP) is 6.44. The number of aliphatic hydroxyl groups is 2. The molecule has 0 radical (unpaired) electrons. The highest BCUT2D eigenvalue weighted by molar-refractivity contribution is 7.99. The Bertz CT molecular complexity index is 979. The molecule has 0 saturated heterocycles. The van der Waals surface area contributed by atoms with E-state index in [0.717, 1.165) is 0 Å². The molecule has 0 saturated carbocycles. The molecule has 3 N–H and O–H groups in total. The van der Waals surface area contributed by atoms with Gasteiger partial charge in [-0.1, -0.05) is 0 Å². The summed E-state index contributed by atoms with van der Waals surface area (Å²) in [6.45, 7) is -4.56. The Hall–Kier alpha value is -1.73. The number of alkyl halides is 21. The third-order valence-corrected chi connectivity index (χ3v) is 6.82. The van der Waals surface area contributed by atoms with Crippen molar-refractivity contribution in [2.24, 2.45) is 5.92 Å². The van der Waals surface area contributed by atoms with Crippen molar-refractivity contribution in [1.82, 2.24) is 0 Å². The minimum absolute atomic E-state index is 0.386. The van der Waals surface area contributed by atoms with Gasteiger partial charge in [-0.2, -0.15) is 104 Å². The fraction of sp³-hybridized carbons (Fsp3) is 0.941. The number of rotatable bonds is 16. The molecule has 0 aliphatic heterocycles. The van der Waals surface area contributed by atoms with Crippen LogP contribution in [-0.2, 0) is 4.79 Å². The number of carboxylic acids is 1. The smallest absolute Gasteiger partial charge is 0.460 e. The SMILES string of the molecule is O=C(O)CCSC(CO)C(CO)C(F)(F)C(F)(F)C(F)(F)C(F)(F)C(F)(F)C(F)(F)C(F)(F)C(F)(F)C(F)(F)C(F)(F)F. The summed E-state index contributed by atoms with van der Waals surface area (Å²) in [5.41, 5.74) is 0. The van der Waals surface area contributed by atoms with E-state index in [-0.39, 0.29) is 11.8 Å². The molecule has 0 heterocycles. The molecule has 4 nitrogen and oxygen atoms in total. The molecule has 0 aliphatic carbocycles. The van der Waals surface area contributed by atoms with Crippen molar-refractivity contribution >= 4 is 17.7 Å². The summed E-state index contributed by atoms with van der Waals surface area (Å²) < 4.78 is 283. The molecule has 0 rings (SSSR count). The average Bonchev–Trinajstić information content (AvgIpc) is 2.81. The molecule has 258 valence electrons. The minimum Gasteiger partial charge on any atom is -0.481 e. The maximum Gasteiger partial charge on any atom is 0.460 e. The zero-order valence-electron chi connectivity index (χ0n) is 19.6. The van der Waals surface area contributed by atoms with Gasteiger partial charge in [0.2, 0.25) is 0 Å². The fourth-order valence-corrected chi connectivity index (χ4v) is 4.05. The minimum atomic E-state index is -9.30. The standard InChI is InChI=1S/C17H13F21O4S/c18-8(19,5(3-39)6(4-40)43-2-1-7(41)42)9(20,21)10(22,23)11(24,25)12(26,27)13(28,29)14(30,31)15(32,33)16(34,35)17(36,37)38/h5-6,39-40H,1-4H2,(H,41,42). The van der Waals surface area contributed by atoms with E-state index in [4.69, 9.17) is 15.3 Å². The number of thioether (sulfide) groups is 1. The van der Waals surface area contributed by atoms with E-state index in [9.17, 15) is 97.0 Å². The molecule has 0 bridgehead atoms. The molecular weight excluding hydrogens is 699 g/mol. The van der Waals surface area contributed by atoms with Crippen LogP contribution in [0, 0.1) is 5.92 Å². The van der Waals surface area contributed by atoms with Crippen molar-refractivity contribution in [2.75, 3.05) is 19.0 Å². The number of aliphatic hydroxyl groups excluding tert-OH is 2. The van der Waals surface area contributed by atoms with E-state index < -0.39 is 102 Å². The Labute approximate surface area is 227 Å². The molecule has 2 unspecified atom stereocenters. The maximum absolute atomic E-state index is 14.4. The lowest BCUT2D eigenvalue weighted by Crippen LogP contribution is -2.77. The molecule has 0 aromatic carbocycles. The van der Waals surface area contributed by atoms with Crippen LogP contribution in [-0.4, -0.2) is 105 Å². The summed E-state index contributed by atoms with van der Waals surface area (Å²) >= 11 is -0.386. The molecule has 2 atom stereocenters. The first kappa shape index (κ1) is 41.3. The van der Waals surface area contributed by atoms with Crippen LogP contribution in [0.5, 0.6) is 0 Å². The topological polar surface area (TPSA) is 77.8 Å². The fourth-order valence-electron chi connectivity index (χ4n) is 2.86. The Morgan fingerprint density at radius 1 is 0.512 bits per heavy atom. The van der Waals surface area contributed by atoms with Crippen LogP contribution in [0.25, 0.3) is 0 Å². The van der Waals surface area contributed by atoms with Gasteiger partial charge in [-0.25, -0.2) is 0 Å². The normalized spacial score (nSPS) is 17.2. The number of hydrogen-bond donors (Lipinski definition) is 3. The van der Waals surface area contributed by atoms with Crippen molar-refractivity contribution < 1.29 is 112 Å². The highest BCUT2D eigenvalue weighted by Crippen LogP contribution is 2.66. The Kier molecular flexibility index (Phi) is 11.4. The van der Waals surface area contributed by atoms with Gasteiger partial charge in [-0.15, -0.1) is 0 Å². The largest absolute Gasteiger partial charge is 0.481 e. The summed E-state index contributed by atoms with van der Waals surface area (Å²) in [4.78, 5) is 10.4. The molecule has 0 aliphatic rings.